The molecule has 1 saturated heterocycles. The molecule has 0 radical (unpaired) electrons. The number of piperazine rings is 1. The largest absolute Gasteiger partial charge is 0.495 e. The van der Waals surface area contributed by atoms with Gasteiger partial charge in [0, 0.05) is 32.2 Å². The Morgan fingerprint density at radius 2 is 1.48 bits per heavy atom. The lowest BCUT2D eigenvalue weighted by molar-refractivity contribution is 0.184. The SMILES string of the molecule is COc1ccccc1N1CCN(C(Cc2cccc(C)c2)c2ccccc2)CC1.Cl.Cl. The van der Waals surface area contributed by atoms with E-state index in [9.17, 15) is 0 Å². The number of benzene rings is 3. The van der Waals surface area contributed by atoms with Gasteiger partial charge in [-0.15, -0.1) is 24.8 Å². The Balaban J connectivity index is 0.00000171. The van der Waals surface area contributed by atoms with Crippen LogP contribution in [0.3, 0.4) is 0 Å². The summed E-state index contributed by atoms with van der Waals surface area (Å²) in [4.78, 5) is 5.09. The molecular weight excluding hydrogens is 427 g/mol. The summed E-state index contributed by atoms with van der Waals surface area (Å²) in [5.41, 5.74) is 5.34. The predicted octanol–water partition coefficient (Wildman–Crippen LogP) is 5.95. The van der Waals surface area contributed by atoms with Crippen LogP contribution >= 0.6 is 24.8 Å². The zero-order chi connectivity index (χ0) is 20.1. The standard InChI is InChI=1S/C26H30N2O.2ClH/c1-21-9-8-10-22(19-21)20-25(23-11-4-3-5-12-23)28-17-15-27(16-18-28)24-13-6-7-14-26(24)29-2;;/h3-14,19,25H,15-18,20H2,1-2H3;2*1H. The minimum atomic E-state index is 0. The van der Waals surface area contributed by atoms with E-state index in [-0.39, 0.29) is 24.8 Å². The number of aryl methyl sites for hydroxylation is 1. The van der Waals surface area contributed by atoms with Gasteiger partial charge in [0.15, 0.2) is 0 Å². The molecule has 1 fully saturated rings. The second kappa shape index (κ2) is 12.0. The van der Waals surface area contributed by atoms with Crippen LogP contribution in [0.4, 0.5) is 5.69 Å². The summed E-state index contributed by atoms with van der Waals surface area (Å²) in [5.74, 6) is 0.959. The van der Waals surface area contributed by atoms with E-state index < -0.39 is 0 Å². The van der Waals surface area contributed by atoms with Gasteiger partial charge in [-0.25, -0.2) is 0 Å². The number of para-hydroxylation sites is 2. The van der Waals surface area contributed by atoms with Crippen molar-refractivity contribution in [3.05, 3.63) is 95.6 Å². The molecule has 166 valence electrons. The summed E-state index contributed by atoms with van der Waals surface area (Å²) in [6.45, 7) is 6.29. The molecule has 3 nitrogen and oxygen atoms in total. The van der Waals surface area contributed by atoms with Gasteiger partial charge in [0.2, 0.25) is 0 Å². The molecule has 3 aromatic carbocycles. The highest BCUT2D eigenvalue weighted by Gasteiger charge is 2.26. The first-order chi connectivity index (χ1) is 14.2. The van der Waals surface area contributed by atoms with Gasteiger partial charge >= 0.3 is 0 Å². The highest BCUT2D eigenvalue weighted by Crippen LogP contribution is 2.31. The Hall–Kier alpha value is -2.20. The number of halogens is 2. The molecule has 0 bridgehead atoms. The summed E-state index contributed by atoms with van der Waals surface area (Å²) in [6, 6.07) is 28.6. The van der Waals surface area contributed by atoms with Crippen molar-refractivity contribution in [2.24, 2.45) is 0 Å². The molecule has 0 saturated carbocycles. The van der Waals surface area contributed by atoms with Crippen LogP contribution in [0, 0.1) is 6.92 Å². The fourth-order valence-corrected chi connectivity index (χ4v) is 4.36. The number of rotatable bonds is 6. The Labute approximate surface area is 198 Å². The smallest absolute Gasteiger partial charge is 0.142 e. The minimum absolute atomic E-state index is 0. The third-order valence-corrected chi connectivity index (χ3v) is 5.88. The third kappa shape index (κ3) is 6.16. The van der Waals surface area contributed by atoms with E-state index >= 15 is 0 Å². The molecule has 1 aliphatic heterocycles. The van der Waals surface area contributed by atoms with Crippen molar-refractivity contribution >= 4 is 30.5 Å². The van der Waals surface area contributed by atoms with Crippen LogP contribution in [-0.2, 0) is 6.42 Å². The maximum atomic E-state index is 5.58. The highest BCUT2D eigenvalue weighted by atomic mass is 35.5. The van der Waals surface area contributed by atoms with Crippen LogP contribution in [0.1, 0.15) is 22.7 Å². The van der Waals surface area contributed by atoms with E-state index in [1.165, 1.54) is 22.4 Å². The van der Waals surface area contributed by atoms with Gasteiger partial charge in [0.05, 0.1) is 12.8 Å². The Morgan fingerprint density at radius 1 is 0.806 bits per heavy atom. The van der Waals surface area contributed by atoms with Crippen LogP contribution in [0.15, 0.2) is 78.9 Å². The second-order valence-electron chi connectivity index (χ2n) is 7.81. The summed E-state index contributed by atoms with van der Waals surface area (Å²) < 4.78 is 5.58. The minimum Gasteiger partial charge on any atom is -0.495 e. The lowest BCUT2D eigenvalue weighted by Gasteiger charge is -2.41. The maximum Gasteiger partial charge on any atom is 0.142 e. The van der Waals surface area contributed by atoms with E-state index in [0.717, 1.165) is 38.3 Å². The van der Waals surface area contributed by atoms with Crippen LogP contribution < -0.4 is 9.64 Å². The molecule has 1 atom stereocenters. The molecule has 31 heavy (non-hydrogen) atoms. The van der Waals surface area contributed by atoms with Gasteiger partial charge in [-0.05, 0) is 36.6 Å². The number of nitrogens with zero attached hydrogens (tertiary/aromatic N) is 2. The van der Waals surface area contributed by atoms with Crippen molar-refractivity contribution in [3.8, 4) is 5.75 Å². The summed E-state index contributed by atoms with van der Waals surface area (Å²) in [6.07, 6.45) is 1.04. The van der Waals surface area contributed by atoms with Crippen LogP contribution in [0.5, 0.6) is 5.75 Å². The van der Waals surface area contributed by atoms with Crippen molar-refractivity contribution in [2.75, 3.05) is 38.2 Å². The number of hydrogen-bond acceptors (Lipinski definition) is 3. The number of ether oxygens (including phenoxy) is 1. The molecule has 0 aliphatic carbocycles. The van der Waals surface area contributed by atoms with Gasteiger partial charge in [0.25, 0.3) is 0 Å². The lowest BCUT2D eigenvalue weighted by Crippen LogP contribution is -2.48. The Morgan fingerprint density at radius 3 is 2.16 bits per heavy atom. The van der Waals surface area contributed by atoms with Crippen molar-refractivity contribution in [3.63, 3.8) is 0 Å². The topological polar surface area (TPSA) is 15.7 Å². The van der Waals surface area contributed by atoms with Crippen LogP contribution in [0.2, 0.25) is 0 Å². The van der Waals surface area contributed by atoms with Crippen molar-refractivity contribution < 1.29 is 4.74 Å². The normalized spacial score (nSPS) is 14.8. The average molecular weight is 459 g/mol. The molecule has 3 aromatic rings. The lowest BCUT2D eigenvalue weighted by atomic mass is 9.96. The van der Waals surface area contributed by atoms with Crippen LogP contribution in [-0.4, -0.2) is 38.2 Å². The molecule has 1 aliphatic rings. The van der Waals surface area contributed by atoms with E-state index in [1.54, 1.807) is 7.11 Å². The van der Waals surface area contributed by atoms with Gasteiger partial charge in [-0.3, -0.25) is 4.90 Å². The maximum absolute atomic E-state index is 5.58. The van der Waals surface area contributed by atoms with E-state index in [2.05, 4.69) is 83.5 Å². The first kappa shape index (κ1) is 25.1. The number of methoxy groups -OCH3 is 1. The fraction of sp³-hybridized carbons (Fsp3) is 0.308. The van der Waals surface area contributed by atoms with E-state index in [1.807, 2.05) is 12.1 Å². The molecule has 5 heteroatoms. The monoisotopic (exact) mass is 458 g/mol. The van der Waals surface area contributed by atoms with Gasteiger partial charge in [0.1, 0.15) is 5.75 Å². The van der Waals surface area contributed by atoms with Gasteiger partial charge in [-0.2, -0.15) is 0 Å². The fourth-order valence-electron chi connectivity index (χ4n) is 4.36. The van der Waals surface area contributed by atoms with Gasteiger partial charge in [-0.1, -0.05) is 72.3 Å². The van der Waals surface area contributed by atoms with Crippen molar-refractivity contribution in [1.29, 1.82) is 0 Å². The molecule has 4 rings (SSSR count). The summed E-state index contributed by atoms with van der Waals surface area (Å²) >= 11 is 0. The number of hydrogen-bond donors (Lipinski definition) is 0. The first-order valence-corrected chi connectivity index (χ1v) is 10.5. The number of anilines is 1. The van der Waals surface area contributed by atoms with E-state index in [4.69, 9.17) is 4.74 Å². The first-order valence-electron chi connectivity index (χ1n) is 10.5. The third-order valence-electron chi connectivity index (χ3n) is 5.88. The van der Waals surface area contributed by atoms with Crippen molar-refractivity contribution in [1.82, 2.24) is 4.90 Å². The summed E-state index contributed by atoms with van der Waals surface area (Å²) in [5, 5.41) is 0. The summed E-state index contributed by atoms with van der Waals surface area (Å²) in [7, 11) is 1.75. The molecule has 0 aromatic heterocycles. The predicted molar refractivity (Wildman–Crippen MR) is 135 cm³/mol. The zero-order valence-electron chi connectivity index (χ0n) is 18.2. The Kier molecular flexibility index (Phi) is 9.70. The molecular formula is C26H32Cl2N2O. The van der Waals surface area contributed by atoms with E-state index in [0.29, 0.717) is 6.04 Å². The van der Waals surface area contributed by atoms with Crippen LogP contribution in [0.25, 0.3) is 0 Å². The zero-order valence-corrected chi connectivity index (χ0v) is 19.9. The second-order valence-corrected chi connectivity index (χ2v) is 7.81. The van der Waals surface area contributed by atoms with Gasteiger partial charge < -0.3 is 9.64 Å². The Bertz CT molecular complexity index is 927. The molecule has 0 spiro atoms. The van der Waals surface area contributed by atoms with Crippen molar-refractivity contribution in [2.45, 2.75) is 19.4 Å². The highest BCUT2D eigenvalue weighted by molar-refractivity contribution is 5.85. The molecule has 1 unspecified atom stereocenters. The quantitative estimate of drug-likeness (QED) is 0.453. The average Bonchev–Trinajstić information content (AvgIpc) is 2.78. The molecule has 0 amide bonds. The molecule has 0 N–H and O–H groups in total. The molecule has 1 heterocycles.